The van der Waals surface area contributed by atoms with Gasteiger partial charge in [0.1, 0.15) is 17.0 Å². The predicted octanol–water partition coefficient (Wildman–Crippen LogP) is 5.25. The van der Waals surface area contributed by atoms with Crippen LogP contribution in [0.5, 0.6) is 11.6 Å². The maximum Gasteiger partial charge on any atom is 0.426 e. The molecule has 42 heavy (non-hydrogen) atoms. The number of halogens is 3. The van der Waals surface area contributed by atoms with Gasteiger partial charge in [0.25, 0.3) is 0 Å². The third kappa shape index (κ3) is 5.38. The molecule has 0 amide bonds. The first-order valence-corrected chi connectivity index (χ1v) is 13.4. The molecule has 2 aromatic carbocycles. The summed E-state index contributed by atoms with van der Waals surface area (Å²) in [5.74, 6) is -1.93. The van der Waals surface area contributed by atoms with Crippen LogP contribution in [0.3, 0.4) is 0 Å². The summed E-state index contributed by atoms with van der Waals surface area (Å²) in [5.41, 5.74) is 4.32. The van der Waals surface area contributed by atoms with Crippen LogP contribution in [0.1, 0.15) is 53.3 Å². The van der Waals surface area contributed by atoms with E-state index >= 15 is 0 Å². The third-order valence-corrected chi connectivity index (χ3v) is 8.11. The van der Waals surface area contributed by atoms with Crippen molar-refractivity contribution in [2.45, 2.75) is 59.0 Å². The lowest BCUT2D eigenvalue weighted by Gasteiger charge is -2.33. The Morgan fingerprint density at radius 3 is 2.57 bits per heavy atom. The molecule has 222 valence electrons. The number of ether oxygens (including phenoxy) is 1. The highest BCUT2D eigenvalue weighted by Crippen LogP contribution is 2.44. The van der Waals surface area contributed by atoms with E-state index in [1.165, 1.54) is 12.1 Å². The van der Waals surface area contributed by atoms with E-state index in [0.717, 1.165) is 27.8 Å². The Labute approximate surface area is 240 Å². The standard InChI is InChI=1S/C30H32F3N5O4/c1-16-6-7-18(26(29(3,4)28(40)41)20-8-9-22-27(17(20)2)35-36-37(22)5)12-19(16)13-38-14-21-23(10-11-25(39)34-21)42-24(15-38)30(31,32)33/h6-12,24,26H,13-15H2,1-5H3,(H,34,39)(H,40,41)/t24-,26?/m0/s1. The highest BCUT2D eigenvalue weighted by molar-refractivity contribution is 5.81. The number of carbonyl (C=O) groups is 1. The Balaban J connectivity index is 1.57. The fourth-order valence-corrected chi connectivity index (χ4v) is 5.64. The number of carboxylic acids is 1. The lowest BCUT2D eigenvalue weighted by Crippen LogP contribution is -2.42. The van der Waals surface area contributed by atoms with Crippen molar-refractivity contribution >= 4 is 17.0 Å². The van der Waals surface area contributed by atoms with E-state index in [2.05, 4.69) is 15.3 Å². The normalized spacial score (nSPS) is 17.0. The van der Waals surface area contributed by atoms with Crippen LogP contribution in [-0.4, -0.2) is 59.9 Å². The van der Waals surface area contributed by atoms with Crippen LogP contribution >= 0.6 is 0 Å². The number of carboxylic acid groups (broad SMARTS) is 1. The molecule has 9 nitrogen and oxygen atoms in total. The number of alkyl halides is 3. The second kappa shape index (κ2) is 10.6. The molecule has 1 unspecified atom stereocenters. The van der Waals surface area contributed by atoms with Gasteiger partial charge < -0.3 is 14.9 Å². The molecule has 5 rings (SSSR count). The zero-order valence-corrected chi connectivity index (χ0v) is 23.9. The number of aromatic hydroxyl groups is 1. The quantitative estimate of drug-likeness (QED) is 0.316. The zero-order chi connectivity index (χ0) is 30.6. The number of rotatable bonds is 6. The van der Waals surface area contributed by atoms with E-state index in [0.29, 0.717) is 11.1 Å². The molecule has 0 spiro atoms. The van der Waals surface area contributed by atoms with Crippen molar-refractivity contribution in [3.8, 4) is 11.6 Å². The molecule has 4 aromatic rings. The second-order valence-corrected chi connectivity index (χ2v) is 11.4. The molecular weight excluding hydrogens is 551 g/mol. The Kier molecular flexibility index (Phi) is 7.38. The molecule has 2 N–H and O–H groups in total. The van der Waals surface area contributed by atoms with Gasteiger partial charge in [-0.05, 0) is 67.6 Å². The van der Waals surface area contributed by atoms with E-state index in [1.807, 2.05) is 44.2 Å². The highest BCUT2D eigenvalue weighted by atomic mass is 19.4. The van der Waals surface area contributed by atoms with E-state index in [4.69, 9.17) is 4.74 Å². The molecule has 3 heterocycles. The molecule has 12 heteroatoms. The number of nitrogens with zero attached hydrogens (tertiary/aromatic N) is 5. The van der Waals surface area contributed by atoms with Crippen molar-refractivity contribution in [3.63, 3.8) is 0 Å². The Bertz CT molecular complexity index is 1670. The van der Waals surface area contributed by atoms with Gasteiger partial charge in [-0.2, -0.15) is 13.2 Å². The van der Waals surface area contributed by atoms with E-state index in [9.17, 15) is 28.2 Å². The summed E-state index contributed by atoms with van der Waals surface area (Å²) in [7, 11) is 1.78. The van der Waals surface area contributed by atoms with Gasteiger partial charge in [-0.15, -0.1) is 5.10 Å². The largest absolute Gasteiger partial charge is 0.493 e. The van der Waals surface area contributed by atoms with Gasteiger partial charge >= 0.3 is 12.1 Å². The van der Waals surface area contributed by atoms with Gasteiger partial charge in [-0.3, -0.25) is 9.69 Å². The lowest BCUT2D eigenvalue weighted by molar-refractivity contribution is -0.198. The average molecular weight is 584 g/mol. The van der Waals surface area contributed by atoms with Gasteiger partial charge in [-0.25, -0.2) is 9.67 Å². The van der Waals surface area contributed by atoms with E-state index < -0.39 is 36.1 Å². The smallest absolute Gasteiger partial charge is 0.426 e. The highest BCUT2D eigenvalue weighted by Gasteiger charge is 2.45. The zero-order valence-electron chi connectivity index (χ0n) is 23.9. The summed E-state index contributed by atoms with van der Waals surface area (Å²) in [5, 5.41) is 28.6. The Hall–Kier alpha value is -4.19. The first-order valence-electron chi connectivity index (χ1n) is 13.4. The van der Waals surface area contributed by atoms with Gasteiger partial charge in [0, 0.05) is 38.7 Å². The van der Waals surface area contributed by atoms with Gasteiger partial charge in [0.05, 0.1) is 10.9 Å². The fourth-order valence-electron chi connectivity index (χ4n) is 5.64. The van der Waals surface area contributed by atoms with Crippen LogP contribution in [0.2, 0.25) is 0 Å². The fraction of sp³-hybridized carbons (Fsp3) is 0.400. The third-order valence-electron chi connectivity index (χ3n) is 8.11. The SMILES string of the molecule is Cc1ccc(C(c2ccc3c(nnn3C)c2C)C(C)(C)C(=O)O)cc1CN1Cc2nc(O)ccc2O[C@H](C(F)(F)F)C1. The summed E-state index contributed by atoms with van der Waals surface area (Å²) in [6.45, 7) is 6.77. The predicted molar refractivity (Wildman–Crippen MR) is 148 cm³/mol. The number of aliphatic carboxylic acids is 1. The van der Waals surface area contributed by atoms with Crippen molar-refractivity contribution in [2.24, 2.45) is 12.5 Å². The number of aryl methyl sites for hydroxylation is 3. The molecular formula is C30H32F3N5O4. The summed E-state index contributed by atoms with van der Waals surface area (Å²) < 4.78 is 48.7. The molecule has 2 aromatic heterocycles. The minimum atomic E-state index is -4.62. The van der Waals surface area contributed by atoms with Crippen LogP contribution < -0.4 is 4.74 Å². The summed E-state index contributed by atoms with van der Waals surface area (Å²) >= 11 is 0. The molecule has 0 aliphatic carbocycles. The molecule has 1 aliphatic heterocycles. The van der Waals surface area contributed by atoms with Gasteiger partial charge in [0.2, 0.25) is 12.0 Å². The monoisotopic (exact) mass is 583 g/mol. The number of fused-ring (bicyclic) bond motifs is 2. The van der Waals surface area contributed by atoms with Crippen LogP contribution in [-0.2, 0) is 24.9 Å². The molecule has 0 radical (unpaired) electrons. The second-order valence-electron chi connectivity index (χ2n) is 11.4. The summed E-state index contributed by atoms with van der Waals surface area (Å²) in [4.78, 5) is 18.2. The number of hydrogen-bond donors (Lipinski definition) is 2. The van der Waals surface area contributed by atoms with Gasteiger partial charge in [-0.1, -0.05) is 29.5 Å². The summed E-state index contributed by atoms with van der Waals surface area (Å²) in [6.07, 6.45) is -6.71. The van der Waals surface area contributed by atoms with Gasteiger partial charge in [0.15, 0.2) is 0 Å². The van der Waals surface area contributed by atoms with E-state index in [-0.39, 0.29) is 30.4 Å². The van der Waals surface area contributed by atoms with Crippen molar-refractivity contribution in [3.05, 3.63) is 76.0 Å². The van der Waals surface area contributed by atoms with Crippen molar-refractivity contribution in [1.82, 2.24) is 24.9 Å². The minimum absolute atomic E-state index is 0.0203. The van der Waals surface area contributed by atoms with Crippen molar-refractivity contribution in [2.75, 3.05) is 6.54 Å². The maximum atomic E-state index is 13.9. The first kappa shape index (κ1) is 29.3. The minimum Gasteiger partial charge on any atom is -0.493 e. The molecule has 2 atom stereocenters. The average Bonchev–Trinajstić information content (AvgIpc) is 3.18. The molecule has 1 aliphatic rings. The van der Waals surface area contributed by atoms with E-state index in [1.54, 1.807) is 30.5 Å². The maximum absolute atomic E-state index is 13.9. The Morgan fingerprint density at radius 2 is 1.88 bits per heavy atom. The van der Waals surface area contributed by atoms with Crippen LogP contribution in [0.4, 0.5) is 13.2 Å². The number of hydrogen-bond acceptors (Lipinski definition) is 7. The topological polar surface area (TPSA) is 114 Å². The molecule has 0 fully saturated rings. The van der Waals surface area contributed by atoms with Crippen molar-refractivity contribution < 1.29 is 32.9 Å². The molecule has 0 saturated heterocycles. The number of benzene rings is 2. The number of pyridine rings is 1. The van der Waals surface area contributed by atoms with Crippen LogP contribution in [0.25, 0.3) is 11.0 Å². The van der Waals surface area contributed by atoms with Crippen LogP contribution in [0, 0.1) is 19.3 Å². The summed E-state index contributed by atoms with van der Waals surface area (Å²) in [6, 6.07) is 11.8. The van der Waals surface area contributed by atoms with Crippen LogP contribution in [0.15, 0.2) is 42.5 Å². The van der Waals surface area contributed by atoms with Crippen molar-refractivity contribution in [1.29, 1.82) is 0 Å². The molecule has 0 saturated carbocycles. The lowest BCUT2D eigenvalue weighted by atomic mass is 9.69. The first-order chi connectivity index (χ1) is 19.7. The number of aromatic nitrogens is 4. The Morgan fingerprint density at radius 1 is 1.14 bits per heavy atom. The molecule has 0 bridgehead atoms.